The molecular formula is C14H21ClN2O3S. The van der Waals surface area contributed by atoms with Crippen molar-refractivity contribution in [2.24, 2.45) is 5.92 Å². The van der Waals surface area contributed by atoms with E-state index in [0.29, 0.717) is 18.0 Å². The molecule has 0 aromatic heterocycles. The van der Waals surface area contributed by atoms with Crippen molar-refractivity contribution < 1.29 is 13.2 Å². The predicted molar refractivity (Wildman–Crippen MR) is 85.0 cm³/mol. The van der Waals surface area contributed by atoms with Crippen LogP contribution in [0, 0.1) is 5.92 Å². The second kappa shape index (κ2) is 7.77. The summed E-state index contributed by atoms with van der Waals surface area (Å²) in [5, 5.41) is 2.59. The van der Waals surface area contributed by atoms with E-state index in [-0.39, 0.29) is 22.8 Å². The van der Waals surface area contributed by atoms with Crippen LogP contribution in [-0.2, 0) is 14.8 Å². The SMILES string of the molecule is CC(=O)Nc1ccc(S(=O)(=O)NC(CCCl)C(C)C)cc1. The molecule has 0 saturated carbocycles. The molecule has 0 radical (unpaired) electrons. The van der Waals surface area contributed by atoms with Crippen LogP contribution in [0.4, 0.5) is 5.69 Å². The van der Waals surface area contributed by atoms with Crippen LogP contribution >= 0.6 is 11.6 Å². The van der Waals surface area contributed by atoms with Crippen molar-refractivity contribution in [1.82, 2.24) is 4.72 Å². The molecule has 7 heteroatoms. The highest BCUT2D eigenvalue weighted by Crippen LogP contribution is 2.16. The lowest BCUT2D eigenvalue weighted by Gasteiger charge is -2.21. The van der Waals surface area contributed by atoms with Crippen molar-refractivity contribution in [2.45, 2.75) is 38.1 Å². The molecule has 1 unspecified atom stereocenters. The Morgan fingerprint density at radius 2 is 1.81 bits per heavy atom. The number of rotatable bonds is 7. The number of nitrogens with one attached hydrogen (secondary N) is 2. The van der Waals surface area contributed by atoms with E-state index in [1.165, 1.54) is 19.1 Å². The van der Waals surface area contributed by atoms with Crippen molar-refractivity contribution in [3.63, 3.8) is 0 Å². The highest BCUT2D eigenvalue weighted by molar-refractivity contribution is 7.89. The molecule has 0 fully saturated rings. The lowest BCUT2D eigenvalue weighted by atomic mass is 10.0. The molecule has 1 aromatic rings. The first kappa shape index (κ1) is 17.9. The highest BCUT2D eigenvalue weighted by Gasteiger charge is 2.22. The quantitative estimate of drug-likeness (QED) is 0.753. The van der Waals surface area contributed by atoms with Crippen LogP contribution in [0.25, 0.3) is 0 Å². The Labute approximate surface area is 131 Å². The van der Waals surface area contributed by atoms with Gasteiger partial charge in [-0.05, 0) is 36.6 Å². The predicted octanol–water partition coefficient (Wildman–Crippen LogP) is 2.58. The molecule has 0 aliphatic heterocycles. The monoisotopic (exact) mass is 332 g/mol. The maximum atomic E-state index is 12.3. The minimum atomic E-state index is -3.59. The van der Waals surface area contributed by atoms with Crippen molar-refractivity contribution in [3.8, 4) is 0 Å². The van der Waals surface area contributed by atoms with Gasteiger partial charge in [0.25, 0.3) is 0 Å². The number of benzene rings is 1. The molecule has 1 atom stereocenters. The van der Waals surface area contributed by atoms with Gasteiger partial charge in [-0.3, -0.25) is 4.79 Å². The van der Waals surface area contributed by atoms with Crippen molar-refractivity contribution in [1.29, 1.82) is 0 Å². The van der Waals surface area contributed by atoms with Crippen LogP contribution in [0.5, 0.6) is 0 Å². The molecule has 0 spiro atoms. The van der Waals surface area contributed by atoms with Crippen LogP contribution in [0.15, 0.2) is 29.2 Å². The molecule has 0 aliphatic rings. The fourth-order valence-corrected chi connectivity index (χ4v) is 3.49. The number of hydrogen-bond donors (Lipinski definition) is 2. The second-order valence-corrected chi connectivity index (χ2v) is 7.25. The van der Waals surface area contributed by atoms with Gasteiger partial charge in [0.15, 0.2) is 0 Å². The summed E-state index contributed by atoms with van der Waals surface area (Å²) < 4.78 is 27.3. The van der Waals surface area contributed by atoms with E-state index in [4.69, 9.17) is 11.6 Å². The zero-order valence-corrected chi connectivity index (χ0v) is 14.0. The Morgan fingerprint density at radius 3 is 2.24 bits per heavy atom. The maximum absolute atomic E-state index is 12.3. The Hall–Kier alpha value is -1.11. The van der Waals surface area contributed by atoms with Crippen LogP contribution in [0.2, 0.25) is 0 Å². The molecule has 21 heavy (non-hydrogen) atoms. The third kappa shape index (κ3) is 5.65. The van der Waals surface area contributed by atoms with Gasteiger partial charge >= 0.3 is 0 Å². The lowest BCUT2D eigenvalue weighted by Crippen LogP contribution is -2.38. The van der Waals surface area contributed by atoms with Crippen molar-refractivity contribution in [3.05, 3.63) is 24.3 Å². The van der Waals surface area contributed by atoms with Gasteiger partial charge in [0.1, 0.15) is 0 Å². The van der Waals surface area contributed by atoms with Crippen LogP contribution in [0.1, 0.15) is 27.2 Å². The molecule has 1 amide bonds. The van der Waals surface area contributed by atoms with E-state index in [2.05, 4.69) is 10.0 Å². The average Bonchev–Trinajstić information content (AvgIpc) is 2.37. The van der Waals surface area contributed by atoms with Gasteiger partial charge in [0.05, 0.1) is 4.90 Å². The van der Waals surface area contributed by atoms with E-state index in [0.717, 1.165) is 0 Å². The Kier molecular flexibility index (Phi) is 6.64. The molecule has 2 N–H and O–H groups in total. The first-order valence-electron chi connectivity index (χ1n) is 6.72. The first-order chi connectivity index (χ1) is 9.76. The number of halogens is 1. The third-order valence-electron chi connectivity index (χ3n) is 3.02. The lowest BCUT2D eigenvalue weighted by molar-refractivity contribution is -0.114. The molecule has 0 aliphatic carbocycles. The van der Waals surface area contributed by atoms with Gasteiger partial charge < -0.3 is 5.32 Å². The number of alkyl halides is 1. The maximum Gasteiger partial charge on any atom is 0.240 e. The second-order valence-electron chi connectivity index (χ2n) is 5.16. The molecule has 1 rings (SSSR count). The largest absolute Gasteiger partial charge is 0.326 e. The molecular weight excluding hydrogens is 312 g/mol. The molecule has 118 valence electrons. The van der Waals surface area contributed by atoms with Gasteiger partial charge in [-0.25, -0.2) is 13.1 Å². The normalized spacial score (nSPS) is 13.2. The fourth-order valence-electron chi connectivity index (χ4n) is 1.83. The summed E-state index contributed by atoms with van der Waals surface area (Å²) in [7, 11) is -3.59. The highest BCUT2D eigenvalue weighted by atomic mass is 35.5. The van der Waals surface area contributed by atoms with Crippen LogP contribution in [-0.4, -0.2) is 26.2 Å². The minimum Gasteiger partial charge on any atom is -0.326 e. The standard InChI is InChI=1S/C14H21ClN2O3S/c1-10(2)14(8-9-15)17-21(19,20)13-6-4-12(5-7-13)16-11(3)18/h4-7,10,14,17H,8-9H2,1-3H3,(H,16,18). The first-order valence-corrected chi connectivity index (χ1v) is 8.74. The smallest absolute Gasteiger partial charge is 0.240 e. The number of carbonyl (C=O) groups is 1. The van der Waals surface area contributed by atoms with E-state index in [1.807, 2.05) is 13.8 Å². The van der Waals surface area contributed by atoms with E-state index in [9.17, 15) is 13.2 Å². The van der Waals surface area contributed by atoms with Crippen molar-refractivity contribution >= 4 is 33.2 Å². The van der Waals surface area contributed by atoms with Gasteiger partial charge in [-0.15, -0.1) is 11.6 Å². The molecule has 0 bridgehead atoms. The molecule has 0 heterocycles. The number of carbonyl (C=O) groups excluding carboxylic acids is 1. The van der Waals surface area contributed by atoms with Gasteiger partial charge in [-0.2, -0.15) is 0 Å². The van der Waals surface area contributed by atoms with E-state index in [1.54, 1.807) is 12.1 Å². The zero-order valence-electron chi connectivity index (χ0n) is 12.4. The Bertz CT molecular complexity index is 570. The zero-order chi connectivity index (χ0) is 16.0. The number of hydrogen-bond acceptors (Lipinski definition) is 3. The summed E-state index contributed by atoms with van der Waals surface area (Å²) in [4.78, 5) is 11.1. The molecule has 0 saturated heterocycles. The average molecular weight is 333 g/mol. The van der Waals surface area contributed by atoms with Crippen molar-refractivity contribution in [2.75, 3.05) is 11.2 Å². The summed E-state index contributed by atoms with van der Waals surface area (Å²) in [6.45, 7) is 5.28. The third-order valence-corrected chi connectivity index (χ3v) is 4.74. The Balaban J connectivity index is 2.89. The molecule has 1 aromatic carbocycles. The van der Waals surface area contributed by atoms with Gasteiger partial charge in [0.2, 0.25) is 15.9 Å². The van der Waals surface area contributed by atoms with Gasteiger partial charge in [-0.1, -0.05) is 13.8 Å². The molecule has 5 nitrogen and oxygen atoms in total. The summed E-state index contributed by atoms with van der Waals surface area (Å²) in [6.07, 6.45) is 0.572. The minimum absolute atomic E-state index is 0.150. The summed E-state index contributed by atoms with van der Waals surface area (Å²) in [5.74, 6) is 0.343. The van der Waals surface area contributed by atoms with Gasteiger partial charge in [0, 0.05) is 24.5 Å². The van der Waals surface area contributed by atoms with Crippen LogP contribution < -0.4 is 10.0 Å². The number of amides is 1. The topological polar surface area (TPSA) is 75.3 Å². The van der Waals surface area contributed by atoms with E-state index >= 15 is 0 Å². The summed E-state index contributed by atoms with van der Waals surface area (Å²) in [5.41, 5.74) is 0.558. The fraction of sp³-hybridized carbons (Fsp3) is 0.500. The summed E-state index contributed by atoms with van der Waals surface area (Å²) in [6, 6.07) is 5.84. The van der Waals surface area contributed by atoms with E-state index < -0.39 is 10.0 Å². The summed E-state index contributed by atoms with van der Waals surface area (Å²) >= 11 is 5.71. The Morgan fingerprint density at radius 1 is 1.24 bits per heavy atom. The number of sulfonamides is 1. The van der Waals surface area contributed by atoms with Crippen LogP contribution in [0.3, 0.4) is 0 Å². The number of anilines is 1.